The first-order valence-corrected chi connectivity index (χ1v) is 16.9. The summed E-state index contributed by atoms with van der Waals surface area (Å²) in [6.07, 6.45) is 6.18. The Bertz CT molecular complexity index is 1510. The van der Waals surface area contributed by atoms with E-state index in [-0.39, 0.29) is 41.4 Å². The summed E-state index contributed by atoms with van der Waals surface area (Å²) in [6, 6.07) is 20.2. The van der Waals surface area contributed by atoms with Crippen LogP contribution in [0.25, 0.3) is 0 Å². The third-order valence-electron chi connectivity index (χ3n) is 7.61. The van der Waals surface area contributed by atoms with E-state index in [4.69, 9.17) is 27.9 Å². The van der Waals surface area contributed by atoms with Gasteiger partial charge < -0.3 is 15.0 Å². The molecule has 1 aliphatic rings. The SMILES string of the molecule is COc1ccc(Cl)cc1N(CC(=O)N(Cc1ccccc1Cl)[C@H](Cc1ccccc1)C(=O)NC1CCCCC1)S(C)(=O)=O. The van der Waals surface area contributed by atoms with Crippen molar-refractivity contribution in [2.45, 2.75) is 57.2 Å². The molecule has 1 fully saturated rings. The van der Waals surface area contributed by atoms with Crippen molar-refractivity contribution >= 4 is 50.7 Å². The van der Waals surface area contributed by atoms with Gasteiger partial charge in [0, 0.05) is 29.1 Å². The zero-order valence-corrected chi connectivity index (χ0v) is 26.7. The Morgan fingerprint density at radius 3 is 2.30 bits per heavy atom. The Morgan fingerprint density at radius 1 is 0.977 bits per heavy atom. The Balaban J connectivity index is 1.76. The number of sulfonamides is 1. The number of hydrogen-bond acceptors (Lipinski definition) is 5. The lowest BCUT2D eigenvalue weighted by Crippen LogP contribution is -2.55. The maximum Gasteiger partial charge on any atom is 0.244 e. The summed E-state index contributed by atoms with van der Waals surface area (Å²) in [5, 5.41) is 3.89. The van der Waals surface area contributed by atoms with Gasteiger partial charge in [0.15, 0.2) is 0 Å². The van der Waals surface area contributed by atoms with Crippen LogP contribution in [-0.4, -0.2) is 57.1 Å². The highest BCUT2D eigenvalue weighted by atomic mass is 35.5. The summed E-state index contributed by atoms with van der Waals surface area (Å²) >= 11 is 12.8. The molecule has 230 valence electrons. The highest BCUT2D eigenvalue weighted by Gasteiger charge is 2.35. The predicted octanol–water partition coefficient (Wildman–Crippen LogP) is 5.86. The first kappa shape index (κ1) is 32.6. The monoisotopic (exact) mass is 645 g/mol. The van der Waals surface area contributed by atoms with Crippen molar-refractivity contribution in [2.24, 2.45) is 0 Å². The first-order valence-electron chi connectivity index (χ1n) is 14.2. The zero-order valence-electron chi connectivity index (χ0n) is 24.3. The van der Waals surface area contributed by atoms with Crippen LogP contribution in [0.1, 0.15) is 43.2 Å². The number of benzene rings is 3. The van der Waals surface area contributed by atoms with Crippen molar-refractivity contribution in [1.29, 1.82) is 0 Å². The third-order valence-corrected chi connectivity index (χ3v) is 9.34. The fraction of sp³-hybridized carbons (Fsp3) is 0.375. The fourth-order valence-electron chi connectivity index (χ4n) is 5.36. The summed E-state index contributed by atoms with van der Waals surface area (Å²) in [7, 11) is -2.58. The lowest BCUT2D eigenvalue weighted by Gasteiger charge is -2.35. The predicted molar refractivity (Wildman–Crippen MR) is 171 cm³/mol. The summed E-state index contributed by atoms with van der Waals surface area (Å²) in [4.78, 5) is 29.8. The van der Waals surface area contributed by atoms with Crippen molar-refractivity contribution < 1.29 is 22.7 Å². The highest BCUT2D eigenvalue weighted by molar-refractivity contribution is 7.92. The number of methoxy groups -OCH3 is 1. The van der Waals surface area contributed by atoms with Crippen LogP contribution in [0.5, 0.6) is 5.75 Å². The quantitative estimate of drug-likeness (QED) is 0.266. The van der Waals surface area contributed by atoms with Gasteiger partial charge in [-0.15, -0.1) is 0 Å². The summed E-state index contributed by atoms with van der Waals surface area (Å²) < 4.78 is 32.6. The molecule has 3 aromatic rings. The summed E-state index contributed by atoms with van der Waals surface area (Å²) in [5.41, 5.74) is 1.61. The second kappa shape index (κ2) is 14.9. The van der Waals surface area contributed by atoms with Crippen LogP contribution >= 0.6 is 23.2 Å². The number of nitrogens with one attached hydrogen (secondary N) is 1. The van der Waals surface area contributed by atoms with Gasteiger partial charge in [0.1, 0.15) is 18.3 Å². The standard InChI is InChI=1S/C32H37Cl2N3O5S/c1-42-30-18-17-25(33)20-28(30)37(43(2,40)41)22-31(38)36(21-24-13-9-10-16-27(24)34)29(19-23-11-5-3-6-12-23)32(39)35-26-14-7-4-8-15-26/h3,5-6,9-13,16-18,20,26,29H,4,7-8,14-15,19,21-22H2,1-2H3,(H,35,39)/t29-/m1/s1. The topological polar surface area (TPSA) is 96.0 Å². The van der Waals surface area contributed by atoms with Gasteiger partial charge in [-0.25, -0.2) is 8.42 Å². The van der Waals surface area contributed by atoms with Gasteiger partial charge in [-0.3, -0.25) is 13.9 Å². The minimum Gasteiger partial charge on any atom is -0.495 e. The highest BCUT2D eigenvalue weighted by Crippen LogP contribution is 2.33. The molecule has 1 N–H and O–H groups in total. The van der Waals surface area contributed by atoms with E-state index in [9.17, 15) is 18.0 Å². The Hall–Kier alpha value is -3.27. The second-order valence-electron chi connectivity index (χ2n) is 10.7. The number of ether oxygens (including phenoxy) is 1. The first-order chi connectivity index (χ1) is 20.6. The van der Waals surface area contributed by atoms with Crippen molar-refractivity contribution in [1.82, 2.24) is 10.2 Å². The number of rotatable bonds is 12. The number of amides is 2. The molecule has 0 heterocycles. The lowest BCUT2D eigenvalue weighted by atomic mass is 9.94. The van der Waals surface area contributed by atoms with Gasteiger partial charge in [0.05, 0.1) is 19.1 Å². The molecular weight excluding hydrogens is 609 g/mol. The maximum atomic E-state index is 14.3. The fourth-order valence-corrected chi connectivity index (χ4v) is 6.57. The minimum absolute atomic E-state index is 0.00161. The number of anilines is 1. The average Bonchev–Trinajstić information content (AvgIpc) is 2.99. The van der Waals surface area contributed by atoms with E-state index in [2.05, 4.69) is 5.32 Å². The maximum absolute atomic E-state index is 14.3. The molecule has 1 aliphatic carbocycles. The molecule has 0 spiro atoms. The Morgan fingerprint density at radius 2 is 1.65 bits per heavy atom. The van der Waals surface area contributed by atoms with E-state index in [1.54, 1.807) is 30.3 Å². The van der Waals surface area contributed by atoms with Crippen LogP contribution in [0.15, 0.2) is 72.8 Å². The zero-order chi connectivity index (χ0) is 31.0. The molecule has 0 aromatic heterocycles. The number of hydrogen-bond donors (Lipinski definition) is 1. The molecule has 0 radical (unpaired) electrons. The summed E-state index contributed by atoms with van der Waals surface area (Å²) in [5.74, 6) is -0.634. The third kappa shape index (κ3) is 8.87. The molecule has 1 atom stereocenters. The number of nitrogens with zero attached hydrogens (tertiary/aromatic N) is 2. The van der Waals surface area contributed by atoms with Crippen LogP contribution in [0.2, 0.25) is 10.0 Å². The Kier molecular flexibility index (Phi) is 11.3. The van der Waals surface area contributed by atoms with E-state index in [0.717, 1.165) is 48.2 Å². The van der Waals surface area contributed by atoms with Gasteiger partial charge in [0.25, 0.3) is 0 Å². The van der Waals surface area contributed by atoms with Gasteiger partial charge in [-0.1, -0.05) is 91.0 Å². The minimum atomic E-state index is -3.98. The molecule has 8 nitrogen and oxygen atoms in total. The van der Waals surface area contributed by atoms with E-state index < -0.39 is 28.5 Å². The van der Waals surface area contributed by atoms with Gasteiger partial charge in [-0.05, 0) is 48.2 Å². The number of carbonyl (C=O) groups is 2. The number of halogens is 2. The summed E-state index contributed by atoms with van der Waals surface area (Å²) in [6.45, 7) is -0.583. The molecule has 4 rings (SSSR count). The van der Waals surface area contributed by atoms with E-state index in [1.807, 2.05) is 30.3 Å². The largest absolute Gasteiger partial charge is 0.495 e. The van der Waals surface area contributed by atoms with E-state index >= 15 is 0 Å². The van der Waals surface area contributed by atoms with Crippen molar-refractivity contribution in [3.8, 4) is 5.75 Å². The molecule has 1 saturated carbocycles. The molecule has 0 aliphatic heterocycles. The molecule has 11 heteroatoms. The van der Waals surface area contributed by atoms with Gasteiger partial charge in [-0.2, -0.15) is 0 Å². The second-order valence-corrected chi connectivity index (χ2v) is 13.5. The average molecular weight is 647 g/mol. The molecule has 43 heavy (non-hydrogen) atoms. The normalized spacial score (nSPS) is 14.5. The van der Waals surface area contributed by atoms with Crippen molar-refractivity contribution in [3.05, 3.63) is 94.0 Å². The van der Waals surface area contributed by atoms with Crippen LogP contribution < -0.4 is 14.4 Å². The van der Waals surface area contributed by atoms with Crippen LogP contribution in [0, 0.1) is 0 Å². The molecular formula is C32H37Cl2N3O5S. The molecule has 0 saturated heterocycles. The van der Waals surface area contributed by atoms with Gasteiger partial charge >= 0.3 is 0 Å². The molecule has 0 bridgehead atoms. The smallest absolute Gasteiger partial charge is 0.244 e. The molecule has 0 unspecified atom stereocenters. The van der Waals surface area contributed by atoms with Crippen LogP contribution in [0.3, 0.4) is 0 Å². The van der Waals surface area contributed by atoms with E-state index in [0.29, 0.717) is 10.6 Å². The van der Waals surface area contributed by atoms with Crippen molar-refractivity contribution in [2.75, 3.05) is 24.2 Å². The van der Waals surface area contributed by atoms with Crippen LogP contribution in [-0.2, 0) is 32.6 Å². The van der Waals surface area contributed by atoms with Crippen LogP contribution in [0.4, 0.5) is 5.69 Å². The molecule has 2 amide bonds. The number of carbonyl (C=O) groups excluding carboxylic acids is 2. The van der Waals surface area contributed by atoms with E-state index in [1.165, 1.54) is 24.1 Å². The Labute approximate surface area is 264 Å². The molecule has 3 aromatic carbocycles. The van der Waals surface area contributed by atoms with Crippen molar-refractivity contribution in [3.63, 3.8) is 0 Å². The lowest BCUT2D eigenvalue weighted by molar-refractivity contribution is -0.140. The van der Waals surface area contributed by atoms with Gasteiger partial charge in [0.2, 0.25) is 21.8 Å².